The van der Waals surface area contributed by atoms with Crippen LogP contribution in [0.5, 0.6) is 0 Å². The molecule has 0 aliphatic heterocycles. The van der Waals surface area contributed by atoms with E-state index in [2.05, 4.69) is 24.9 Å². The van der Waals surface area contributed by atoms with Gasteiger partial charge in [-0.3, -0.25) is 9.59 Å². The number of esters is 1. The summed E-state index contributed by atoms with van der Waals surface area (Å²) in [6, 6.07) is 9.85. The van der Waals surface area contributed by atoms with E-state index in [0.29, 0.717) is 5.02 Å². The van der Waals surface area contributed by atoms with Crippen LogP contribution in [0.4, 0.5) is 0 Å². The van der Waals surface area contributed by atoms with E-state index in [9.17, 15) is 9.59 Å². The van der Waals surface area contributed by atoms with Gasteiger partial charge in [0, 0.05) is 50.5 Å². The van der Waals surface area contributed by atoms with Gasteiger partial charge >= 0.3 is 11.9 Å². The molecule has 0 bridgehead atoms. The fraction of sp³-hybridized carbons (Fsp3) is 0.217. The Labute approximate surface area is 178 Å². The number of carboxylic acids is 1. The molecule has 0 atom stereocenters. The van der Waals surface area contributed by atoms with E-state index in [1.165, 1.54) is 0 Å². The Morgan fingerprint density at radius 2 is 1.97 bits per heavy atom. The lowest BCUT2D eigenvalue weighted by Crippen LogP contribution is -2.07. The Kier molecular flexibility index (Phi) is 5.26. The molecule has 0 saturated carbocycles. The van der Waals surface area contributed by atoms with Crippen LogP contribution in [0.15, 0.2) is 42.7 Å². The number of halogens is 1. The number of aliphatic carboxylic acids is 1. The summed E-state index contributed by atoms with van der Waals surface area (Å²) in [5, 5.41) is 11.6. The average Bonchev–Trinajstić information content (AvgIpc) is 3.32. The molecule has 0 radical (unpaired) electrons. The highest BCUT2D eigenvalue weighted by Gasteiger charge is 2.15. The standard InChI is InChI=1S/C23H21ClN2O4/c1-13-9-19(14(2)22-17-10-16(24)3-4-18(17)25-23(13)22)26-8-7-15(11-26)12-30-21(29)6-5-20(27)28/h3-4,7-11,25H,5-6,12H2,1-2H3,(H,27,28). The van der Waals surface area contributed by atoms with E-state index in [1.807, 2.05) is 41.2 Å². The molecule has 2 aromatic carbocycles. The number of benzene rings is 2. The number of nitrogens with zero attached hydrogens (tertiary/aromatic N) is 1. The SMILES string of the molecule is Cc1cc(-n2ccc(COC(=O)CCC(=O)O)c2)c(C)c2c1[nH]c1ccc(Cl)cc12. The van der Waals surface area contributed by atoms with Crippen molar-refractivity contribution in [3.05, 3.63) is 64.4 Å². The molecule has 0 aliphatic rings. The van der Waals surface area contributed by atoms with Gasteiger partial charge in [-0.05, 0) is 55.3 Å². The third-order valence-corrected chi connectivity index (χ3v) is 5.48. The summed E-state index contributed by atoms with van der Waals surface area (Å²) in [6.45, 7) is 4.25. The number of hydrogen-bond acceptors (Lipinski definition) is 3. The zero-order chi connectivity index (χ0) is 21.4. The van der Waals surface area contributed by atoms with Crippen molar-refractivity contribution >= 4 is 45.3 Å². The zero-order valence-corrected chi connectivity index (χ0v) is 17.4. The lowest BCUT2D eigenvalue weighted by atomic mass is 10.0. The third kappa shape index (κ3) is 3.78. The Bertz CT molecular complexity index is 1290. The summed E-state index contributed by atoms with van der Waals surface area (Å²) in [7, 11) is 0. The maximum Gasteiger partial charge on any atom is 0.306 e. The van der Waals surface area contributed by atoms with Crippen molar-refractivity contribution in [1.29, 1.82) is 0 Å². The van der Waals surface area contributed by atoms with E-state index in [0.717, 1.165) is 44.2 Å². The van der Waals surface area contributed by atoms with Crippen LogP contribution in [-0.4, -0.2) is 26.6 Å². The summed E-state index contributed by atoms with van der Waals surface area (Å²) in [6.07, 6.45) is 3.48. The van der Waals surface area contributed by atoms with Crippen LogP contribution in [0.1, 0.15) is 29.5 Å². The normalized spacial score (nSPS) is 11.3. The van der Waals surface area contributed by atoms with Gasteiger partial charge in [0.1, 0.15) is 6.61 Å². The number of fused-ring (bicyclic) bond motifs is 3. The average molecular weight is 425 g/mol. The van der Waals surface area contributed by atoms with E-state index in [4.69, 9.17) is 21.4 Å². The number of carboxylic acid groups (broad SMARTS) is 1. The van der Waals surface area contributed by atoms with Gasteiger partial charge in [-0.15, -0.1) is 0 Å². The van der Waals surface area contributed by atoms with Crippen molar-refractivity contribution < 1.29 is 19.4 Å². The lowest BCUT2D eigenvalue weighted by molar-refractivity contribution is -0.148. The first-order valence-electron chi connectivity index (χ1n) is 9.59. The van der Waals surface area contributed by atoms with Gasteiger partial charge in [0.2, 0.25) is 0 Å². The molecule has 4 rings (SSSR count). The second-order valence-corrected chi connectivity index (χ2v) is 7.82. The first-order chi connectivity index (χ1) is 14.3. The molecule has 154 valence electrons. The van der Waals surface area contributed by atoms with Crippen molar-refractivity contribution in [3.63, 3.8) is 0 Å². The minimum Gasteiger partial charge on any atom is -0.481 e. The number of aryl methyl sites for hydroxylation is 2. The minimum absolute atomic E-state index is 0.106. The molecule has 7 heteroatoms. The Hall–Kier alpha value is -3.25. The third-order valence-electron chi connectivity index (χ3n) is 5.24. The Morgan fingerprint density at radius 1 is 1.17 bits per heavy atom. The molecule has 2 N–H and O–H groups in total. The van der Waals surface area contributed by atoms with E-state index < -0.39 is 11.9 Å². The lowest BCUT2D eigenvalue weighted by Gasteiger charge is -2.11. The summed E-state index contributed by atoms with van der Waals surface area (Å²) in [4.78, 5) is 25.7. The van der Waals surface area contributed by atoms with Gasteiger partial charge in [-0.1, -0.05) is 11.6 Å². The van der Waals surface area contributed by atoms with Crippen molar-refractivity contribution in [1.82, 2.24) is 9.55 Å². The Morgan fingerprint density at radius 3 is 2.73 bits per heavy atom. The highest BCUT2D eigenvalue weighted by Crippen LogP contribution is 2.35. The quantitative estimate of drug-likeness (QED) is 0.412. The number of carbonyl (C=O) groups excluding carboxylic acids is 1. The maximum atomic E-state index is 11.7. The van der Waals surface area contributed by atoms with Gasteiger partial charge in [0.25, 0.3) is 0 Å². The molecule has 0 spiro atoms. The first kappa shape index (κ1) is 20.0. The first-order valence-corrected chi connectivity index (χ1v) is 9.97. The van der Waals surface area contributed by atoms with Crippen molar-refractivity contribution in [2.24, 2.45) is 0 Å². The number of nitrogens with one attached hydrogen (secondary N) is 1. The van der Waals surface area contributed by atoms with Crippen LogP contribution in [-0.2, 0) is 20.9 Å². The molecule has 30 heavy (non-hydrogen) atoms. The fourth-order valence-electron chi connectivity index (χ4n) is 3.75. The molecule has 0 aliphatic carbocycles. The van der Waals surface area contributed by atoms with E-state index in [-0.39, 0.29) is 19.4 Å². The number of aromatic amines is 1. The number of aromatic nitrogens is 2. The number of rotatable bonds is 6. The largest absolute Gasteiger partial charge is 0.481 e. The zero-order valence-electron chi connectivity index (χ0n) is 16.7. The van der Waals surface area contributed by atoms with E-state index >= 15 is 0 Å². The highest BCUT2D eigenvalue weighted by molar-refractivity contribution is 6.32. The molecule has 0 saturated heterocycles. The second-order valence-electron chi connectivity index (χ2n) is 7.38. The monoisotopic (exact) mass is 424 g/mol. The van der Waals surface area contributed by atoms with Crippen molar-refractivity contribution in [3.8, 4) is 5.69 Å². The van der Waals surface area contributed by atoms with Gasteiger partial charge < -0.3 is 19.4 Å². The molecule has 0 fully saturated rings. The summed E-state index contributed by atoms with van der Waals surface area (Å²) < 4.78 is 7.18. The number of H-pyrrole nitrogens is 1. The number of hydrogen-bond donors (Lipinski definition) is 2. The second kappa shape index (κ2) is 7.88. The van der Waals surface area contributed by atoms with Crippen LogP contribution >= 0.6 is 11.6 Å². The molecule has 0 amide bonds. The molecular weight excluding hydrogens is 404 g/mol. The molecule has 2 aromatic heterocycles. The topological polar surface area (TPSA) is 84.3 Å². The van der Waals surface area contributed by atoms with Crippen LogP contribution in [0.25, 0.3) is 27.5 Å². The van der Waals surface area contributed by atoms with Gasteiger partial charge in [-0.25, -0.2) is 0 Å². The smallest absolute Gasteiger partial charge is 0.306 e. The minimum atomic E-state index is -1.02. The van der Waals surface area contributed by atoms with Crippen LogP contribution < -0.4 is 0 Å². The molecule has 2 heterocycles. The maximum absolute atomic E-state index is 11.7. The van der Waals surface area contributed by atoms with Gasteiger partial charge in [0.05, 0.1) is 12.8 Å². The molecule has 0 unspecified atom stereocenters. The number of ether oxygens (including phenoxy) is 1. The van der Waals surface area contributed by atoms with Gasteiger partial charge in [0.15, 0.2) is 0 Å². The summed E-state index contributed by atoms with van der Waals surface area (Å²) >= 11 is 6.24. The van der Waals surface area contributed by atoms with Gasteiger partial charge in [-0.2, -0.15) is 0 Å². The number of carbonyl (C=O) groups is 2. The predicted octanol–water partition coefficient (Wildman–Crippen LogP) is 5.29. The Balaban J connectivity index is 1.65. The van der Waals surface area contributed by atoms with Crippen LogP contribution in [0.2, 0.25) is 5.02 Å². The van der Waals surface area contributed by atoms with Crippen molar-refractivity contribution in [2.75, 3.05) is 0 Å². The van der Waals surface area contributed by atoms with E-state index in [1.54, 1.807) is 0 Å². The fourth-order valence-corrected chi connectivity index (χ4v) is 3.92. The molecular formula is C23H21ClN2O4. The van der Waals surface area contributed by atoms with Crippen LogP contribution in [0, 0.1) is 13.8 Å². The van der Waals surface area contributed by atoms with Crippen molar-refractivity contribution in [2.45, 2.75) is 33.3 Å². The highest BCUT2D eigenvalue weighted by atomic mass is 35.5. The molecule has 4 aromatic rings. The van der Waals surface area contributed by atoms with Crippen LogP contribution in [0.3, 0.4) is 0 Å². The predicted molar refractivity (Wildman–Crippen MR) is 116 cm³/mol. The molecule has 6 nitrogen and oxygen atoms in total. The summed E-state index contributed by atoms with van der Waals surface area (Å²) in [5.41, 5.74) is 6.23. The summed E-state index contributed by atoms with van der Waals surface area (Å²) in [5.74, 6) is -1.54.